The molecule has 0 bridgehead atoms. The van der Waals surface area contributed by atoms with E-state index in [0.717, 1.165) is 31.7 Å². The number of rotatable bonds is 2. The number of pyridine rings is 1. The highest BCUT2D eigenvalue weighted by Gasteiger charge is 2.17. The van der Waals surface area contributed by atoms with Crippen molar-refractivity contribution in [3.8, 4) is 0 Å². The topological polar surface area (TPSA) is 41.9 Å². The summed E-state index contributed by atoms with van der Waals surface area (Å²) in [4.78, 5) is 14.9. The van der Waals surface area contributed by atoms with Crippen molar-refractivity contribution >= 4 is 0 Å². The SMILES string of the molecule is c1cncc(CN2CCc3cncnc3C2)c1. The Morgan fingerprint density at radius 2 is 2.24 bits per heavy atom. The molecule has 4 nitrogen and oxygen atoms in total. The molecule has 2 aromatic heterocycles. The summed E-state index contributed by atoms with van der Waals surface area (Å²) >= 11 is 0. The first-order chi connectivity index (χ1) is 8.42. The van der Waals surface area contributed by atoms with E-state index in [4.69, 9.17) is 0 Å². The van der Waals surface area contributed by atoms with Crippen LogP contribution in [0.1, 0.15) is 16.8 Å². The third kappa shape index (κ3) is 2.31. The molecule has 0 fully saturated rings. The normalized spacial score (nSPS) is 15.5. The summed E-state index contributed by atoms with van der Waals surface area (Å²) in [6.45, 7) is 2.92. The van der Waals surface area contributed by atoms with Gasteiger partial charge >= 0.3 is 0 Å². The summed E-state index contributed by atoms with van der Waals surface area (Å²) in [6.07, 6.45) is 8.34. The maximum atomic E-state index is 4.34. The molecule has 0 radical (unpaired) electrons. The lowest BCUT2D eigenvalue weighted by atomic mass is 10.1. The van der Waals surface area contributed by atoms with Crippen LogP contribution in [0.2, 0.25) is 0 Å². The number of nitrogens with zero attached hydrogens (tertiary/aromatic N) is 4. The molecule has 0 saturated heterocycles. The van der Waals surface area contributed by atoms with Crippen LogP contribution in [0.5, 0.6) is 0 Å². The van der Waals surface area contributed by atoms with Gasteiger partial charge in [0.15, 0.2) is 0 Å². The summed E-state index contributed by atoms with van der Waals surface area (Å²) in [7, 11) is 0. The molecule has 0 aliphatic carbocycles. The molecule has 0 spiro atoms. The Bertz CT molecular complexity index is 498. The summed E-state index contributed by atoms with van der Waals surface area (Å²) < 4.78 is 0. The zero-order valence-corrected chi connectivity index (χ0v) is 9.58. The standard InChI is InChI=1S/C13H14N4/c1-2-11(6-14-4-1)8-17-5-3-12-7-15-10-16-13(12)9-17/h1-2,4,6-7,10H,3,5,8-9H2. The fourth-order valence-corrected chi connectivity index (χ4v) is 2.19. The van der Waals surface area contributed by atoms with E-state index in [0.29, 0.717) is 0 Å². The van der Waals surface area contributed by atoms with Crippen molar-refractivity contribution < 1.29 is 0 Å². The van der Waals surface area contributed by atoms with Gasteiger partial charge in [0.1, 0.15) is 6.33 Å². The molecule has 0 unspecified atom stereocenters. The Morgan fingerprint density at radius 1 is 1.24 bits per heavy atom. The van der Waals surface area contributed by atoms with Crippen LogP contribution in [-0.4, -0.2) is 26.4 Å². The molecule has 0 N–H and O–H groups in total. The molecule has 1 aliphatic heterocycles. The van der Waals surface area contributed by atoms with Crippen LogP contribution in [-0.2, 0) is 19.5 Å². The average molecular weight is 226 g/mol. The van der Waals surface area contributed by atoms with Crippen LogP contribution < -0.4 is 0 Å². The third-order valence-electron chi connectivity index (χ3n) is 3.08. The minimum absolute atomic E-state index is 0.909. The van der Waals surface area contributed by atoms with Crippen LogP contribution in [0.4, 0.5) is 0 Å². The van der Waals surface area contributed by atoms with Crippen LogP contribution in [0, 0.1) is 0 Å². The number of aromatic nitrogens is 3. The molecular weight excluding hydrogens is 212 g/mol. The summed E-state index contributed by atoms with van der Waals surface area (Å²) in [5.41, 5.74) is 3.70. The Balaban J connectivity index is 1.72. The van der Waals surface area contributed by atoms with E-state index in [2.05, 4.69) is 25.9 Å². The fraction of sp³-hybridized carbons (Fsp3) is 0.308. The quantitative estimate of drug-likeness (QED) is 0.777. The molecule has 0 atom stereocenters. The van der Waals surface area contributed by atoms with Crippen molar-refractivity contribution in [3.63, 3.8) is 0 Å². The molecule has 2 aromatic rings. The van der Waals surface area contributed by atoms with E-state index >= 15 is 0 Å². The Hall–Kier alpha value is -1.81. The first-order valence-electron chi connectivity index (χ1n) is 5.81. The van der Waals surface area contributed by atoms with Gasteiger partial charge in [-0.25, -0.2) is 9.97 Å². The van der Waals surface area contributed by atoms with E-state index in [-0.39, 0.29) is 0 Å². The summed E-state index contributed by atoms with van der Waals surface area (Å²) in [6, 6.07) is 4.10. The van der Waals surface area contributed by atoms with Crippen LogP contribution in [0.15, 0.2) is 37.1 Å². The van der Waals surface area contributed by atoms with Crippen molar-refractivity contribution in [2.24, 2.45) is 0 Å². The van der Waals surface area contributed by atoms with Crippen molar-refractivity contribution in [3.05, 3.63) is 53.9 Å². The zero-order valence-electron chi connectivity index (χ0n) is 9.58. The molecule has 1 aliphatic rings. The molecule has 0 amide bonds. The van der Waals surface area contributed by atoms with Gasteiger partial charge in [-0.05, 0) is 23.6 Å². The lowest BCUT2D eigenvalue weighted by Crippen LogP contribution is -2.30. The number of fused-ring (bicyclic) bond motifs is 1. The maximum absolute atomic E-state index is 4.34. The van der Waals surface area contributed by atoms with Gasteiger partial charge in [-0.15, -0.1) is 0 Å². The second-order valence-electron chi connectivity index (χ2n) is 4.32. The van der Waals surface area contributed by atoms with Gasteiger partial charge in [-0.1, -0.05) is 6.07 Å². The van der Waals surface area contributed by atoms with Gasteiger partial charge < -0.3 is 0 Å². The van der Waals surface area contributed by atoms with E-state index in [1.165, 1.54) is 11.1 Å². The largest absolute Gasteiger partial charge is 0.293 e. The van der Waals surface area contributed by atoms with E-state index in [1.54, 1.807) is 6.33 Å². The van der Waals surface area contributed by atoms with Gasteiger partial charge in [0.05, 0.1) is 5.69 Å². The average Bonchev–Trinajstić information content (AvgIpc) is 2.40. The minimum atomic E-state index is 0.909. The summed E-state index contributed by atoms with van der Waals surface area (Å²) in [5.74, 6) is 0. The molecule has 3 rings (SSSR count). The Kier molecular flexibility index (Phi) is 2.80. The predicted octanol–water partition coefficient (Wildman–Crippen LogP) is 1.43. The maximum Gasteiger partial charge on any atom is 0.115 e. The smallest absolute Gasteiger partial charge is 0.115 e. The van der Waals surface area contributed by atoms with Gasteiger partial charge in [0, 0.05) is 38.2 Å². The first kappa shape index (κ1) is 10.4. The molecule has 4 heteroatoms. The molecule has 17 heavy (non-hydrogen) atoms. The predicted molar refractivity (Wildman–Crippen MR) is 64.1 cm³/mol. The zero-order chi connectivity index (χ0) is 11.5. The van der Waals surface area contributed by atoms with Gasteiger partial charge in [-0.2, -0.15) is 0 Å². The van der Waals surface area contributed by atoms with Crippen molar-refractivity contribution in [2.75, 3.05) is 6.54 Å². The lowest BCUT2D eigenvalue weighted by Gasteiger charge is -2.27. The number of hydrogen-bond acceptors (Lipinski definition) is 4. The molecule has 0 aromatic carbocycles. The van der Waals surface area contributed by atoms with E-state index < -0.39 is 0 Å². The molecule has 3 heterocycles. The van der Waals surface area contributed by atoms with Gasteiger partial charge in [0.2, 0.25) is 0 Å². The highest BCUT2D eigenvalue weighted by molar-refractivity contribution is 5.19. The second-order valence-corrected chi connectivity index (χ2v) is 4.32. The molecular formula is C13H14N4. The second kappa shape index (κ2) is 4.59. The van der Waals surface area contributed by atoms with Gasteiger partial charge in [0.25, 0.3) is 0 Å². The minimum Gasteiger partial charge on any atom is -0.293 e. The van der Waals surface area contributed by atoms with Crippen molar-refractivity contribution in [1.82, 2.24) is 19.9 Å². The van der Waals surface area contributed by atoms with E-state index in [9.17, 15) is 0 Å². The highest BCUT2D eigenvalue weighted by Crippen LogP contribution is 2.17. The van der Waals surface area contributed by atoms with Crippen molar-refractivity contribution in [1.29, 1.82) is 0 Å². The third-order valence-corrected chi connectivity index (χ3v) is 3.08. The number of hydrogen-bond donors (Lipinski definition) is 0. The van der Waals surface area contributed by atoms with Gasteiger partial charge in [-0.3, -0.25) is 9.88 Å². The highest BCUT2D eigenvalue weighted by atomic mass is 15.1. The van der Waals surface area contributed by atoms with Crippen LogP contribution >= 0.6 is 0 Å². The monoisotopic (exact) mass is 226 g/mol. The molecule has 86 valence electrons. The van der Waals surface area contributed by atoms with E-state index in [1.807, 2.05) is 24.7 Å². The van der Waals surface area contributed by atoms with Crippen LogP contribution in [0.3, 0.4) is 0 Å². The molecule has 0 saturated carbocycles. The summed E-state index contributed by atoms with van der Waals surface area (Å²) in [5, 5.41) is 0. The lowest BCUT2D eigenvalue weighted by molar-refractivity contribution is 0.241. The van der Waals surface area contributed by atoms with Crippen LogP contribution in [0.25, 0.3) is 0 Å². The Labute approximate surface area is 100 Å². The Morgan fingerprint density at radius 3 is 3.12 bits per heavy atom. The van der Waals surface area contributed by atoms with Crippen molar-refractivity contribution in [2.45, 2.75) is 19.5 Å². The fourth-order valence-electron chi connectivity index (χ4n) is 2.19. The first-order valence-corrected chi connectivity index (χ1v) is 5.81.